The Morgan fingerprint density at radius 2 is 2.00 bits per heavy atom. The van der Waals surface area contributed by atoms with Crippen LogP contribution in [0, 0.1) is 16.7 Å². The molecule has 4 rings (SSSR count). The first-order chi connectivity index (χ1) is 7.39. The zero-order valence-electron chi connectivity index (χ0n) is 10.0. The van der Waals surface area contributed by atoms with E-state index in [0.717, 1.165) is 25.2 Å². The molecule has 0 spiro atoms. The number of alkyl halides is 1. The predicted octanol–water partition coefficient (Wildman–Crippen LogP) is 3.28. The molecule has 90 valence electrons. The molecule has 0 saturated heterocycles. The first-order valence-electron chi connectivity index (χ1n) is 6.16. The molecule has 4 atom stereocenters. The summed E-state index contributed by atoms with van der Waals surface area (Å²) in [6.45, 7) is 2.35. The molecule has 0 N–H and O–H groups in total. The van der Waals surface area contributed by atoms with E-state index in [1.54, 1.807) is 0 Å². The molecule has 4 fully saturated rings. The van der Waals surface area contributed by atoms with Gasteiger partial charge < -0.3 is 4.74 Å². The molecule has 0 amide bonds. The third-order valence-corrected chi connectivity index (χ3v) is 5.78. The van der Waals surface area contributed by atoms with Gasteiger partial charge in [-0.3, -0.25) is 4.79 Å². The zero-order chi connectivity index (χ0) is 11.6. The largest absolute Gasteiger partial charge is 0.469 e. The normalized spacial score (nSPS) is 54.1. The number of carbonyl (C=O) groups excluding carboxylic acids is 1. The van der Waals surface area contributed by atoms with Crippen LogP contribution in [0.4, 0.5) is 0 Å². The maximum atomic E-state index is 12.1. The highest BCUT2D eigenvalue weighted by Crippen LogP contribution is 2.69. The van der Waals surface area contributed by atoms with E-state index in [-0.39, 0.29) is 15.7 Å². The molecular formula is C13H19BrO2. The van der Waals surface area contributed by atoms with Crippen LogP contribution >= 0.6 is 15.9 Å². The van der Waals surface area contributed by atoms with Crippen molar-refractivity contribution >= 4 is 21.9 Å². The van der Waals surface area contributed by atoms with Crippen molar-refractivity contribution in [2.24, 2.45) is 16.7 Å². The smallest absolute Gasteiger partial charge is 0.311 e. The minimum absolute atomic E-state index is 0.0339. The summed E-state index contributed by atoms with van der Waals surface area (Å²) in [6.07, 6.45) is 6.87. The van der Waals surface area contributed by atoms with Gasteiger partial charge in [0.2, 0.25) is 0 Å². The van der Waals surface area contributed by atoms with Crippen molar-refractivity contribution in [3.05, 3.63) is 0 Å². The van der Waals surface area contributed by atoms with Gasteiger partial charge in [0.1, 0.15) is 0 Å². The summed E-state index contributed by atoms with van der Waals surface area (Å²) in [5.41, 5.74) is 0.184. The topological polar surface area (TPSA) is 26.3 Å². The third-order valence-electron chi connectivity index (χ3n) is 4.90. The van der Waals surface area contributed by atoms with Gasteiger partial charge in [0.25, 0.3) is 0 Å². The summed E-state index contributed by atoms with van der Waals surface area (Å²) in [7, 11) is 1.53. The maximum absolute atomic E-state index is 12.1. The van der Waals surface area contributed by atoms with Gasteiger partial charge in [-0.1, -0.05) is 22.9 Å². The van der Waals surface area contributed by atoms with Gasteiger partial charge in [-0.2, -0.15) is 0 Å². The van der Waals surface area contributed by atoms with Gasteiger partial charge in [0.15, 0.2) is 0 Å². The van der Waals surface area contributed by atoms with Crippen molar-refractivity contribution in [1.29, 1.82) is 0 Å². The fourth-order valence-electron chi connectivity index (χ4n) is 5.24. The molecule has 4 aliphatic rings. The van der Waals surface area contributed by atoms with Crippen molar-refractivity contribution < 1.29 is 9.53 Å². The van der Waals surface area contributed by atoms with E-state index in [4.69, 9.17) is 4.74 Å². The molecule has 0 aliphatic heterocycles. The SMILES string of the molecule is COC(=O)C12CC3CC(C)(CC(Br)(C3)C1)C2. The standard InChI is InChI=1S/C13H19BrO2/c1-11-3-9-4-12(6-11,10(15)16-2)8-13(14,5-9)7-11/h9H,3-8H2,1-2H3. The fraction of sp³-hybridized carbons (Fsp3) is 0.923. The summed E-state index contributed by atoms with van der Waals surface area (Å²) in [5, 5.41) is 0. The van der Waals surface area contributed by atoms with Crippen molar-refractivity contribution in [3.8, 4) is 0 Å². The average molecular weight is 287 g/mol. The number of halogens is 1. The van der Waals surface area contributed by atoms with E-state index < -0.39 is 0 Å². The summed E-state index contributed by atoms with van der Waals surface area (Å²) >= 11 is 3.92. The molecule has 0 aromatic heterocycles. The summed E-state index contributed by atoms with van der Waals surface area (Å²) in [5.74, 6) is 0.756. The van der Waals surface area contributed by atoms with Crippen LogP contribution in [-0.4, -0.2) is 17.4 Å². The highest BCUT2D eigenvalue weighted by atomic mass is 79.9. The number of hydrogen-bond acceptors (Lipinski definition) is 2. The van der Waals surface area contributed by atoms with E-state index in [1.807, 2.05) is 0 Å². The van der Waals surface area contributed by atoms with Gasteiger partial charge in [0, 0.05) is 4.32 Å². The van der Waals surface area contributed by atoms with Crippen molar-refractivity contribution in [2.45, 2.75) is 49.8 Å². The van der Waals surface area contributed by atoms with Crippen LogP contribution in [0.1, 0.15) is 45.4 Å². The van der Waals surface area contributed by atoms with Gasteiger partial charge in [0.05, 0.1) is 12.5 Å². The predicted molar refractivity (Wildman–Crippen MR) is 65.4 cm³/mol. The summed E-state index contributed by atoms with van der Waals surface area (Å²) < 4.78 is 5.28. The monoisotopic (exact) mass is 286 g/mol. The highest BCUT2D eigenvalue weighted by Gasteiger charge is 2.64. The molecule has 0 aromatic rings. The second kappa shape index (κ2) is 3.04. The Labute approximate surface area is 105 Å². The van der Waals surface area contributed by atoms with Crippen molar-refractivity contribution in [1.82, 2.24) is 0 Å². The van der Waals surface area contributed by atoms with Crippen LogP contribution in [0.3, 0.4) is 0 Å². The zero-order valence-corrected chi connectivity index (χ0v) is 11.6. The molecule has 0 heterocycles. The van der Waals surface area contributed by atoms with E-state index in [0.29, 0.717) is 5.41 Å². The molecule has 0 aromatic carbocycles. The lowest BCUT2D eigenvalue weighted by Gasteiger charge is -2.63. The van der Waals surface area contributed by atoms with E-state index >= 15 is 0 Å². The molecule has 0 radical (unpaired) electrons. The minimum Gasteiger partial charge on any atom is -0.469 e. The number of carbonyl (C=O) groups is 1. The van der Waals surface area contributed by atoms with Crippen molar-refractivity contribution in [2.75, 3.05) is 7.11 Å². The number of rotatable bonds is 1. The number of hydrogen-bond donors (Lipinski definition) is 0. The lowest BCUT2D eigenvalue weighted by molar-refractivity contribution is -0.173. The molecule has 2 nitrogen and oxygen atoms in total. The van der Waals surface area contributed by atoms with E-state index in [2.05, 4.69) is 22.9 Å². The molecular weight excluding hydrogens is 268 g/mol. The summed E-state index contributed by atoms with van der Waals surface area (Å²) in [6, 6.07) is 0. The molecule has 4 bridgehead atoms. The Balaban J connectivity index is 2.01. The minimum atomic E-state index is -0.174. The van der Waals surface area contributed by atoms with Crippen LogP contribution in [0.5, 0.6) is 0 Å². The average Bonchev–Trinajstić information content (AvgIpc) is 2.10. The Bertz CT molecular complexity index is 334. The van der Waals surface area contributed by atoms with Crippen LogP contribution in [0.2, 0.25) is 0 Å². The highest BCUT2D eigenvalue weighted by molar-refractivity contribution is 9.10. The van der Waals surface area contributed by atoms with Gasteiger partial charge in [-0.25, -0.2) is 0 Å². The first-order valence-corrected chi connectivity index (χ1v) is 6.96. The maximum Gasteiger partial charge on any atom is 0.311 e. The number of esters is 1. The Morgan fingerprint density at radius 1 is 1.25 bits per heavy atom. The van der Waals surface area contributed by atoms with Gasteiger partial charge >= 0.3 is 5.97 Å². The van der Waals surface area contributed by atoms with Gasteiger partial charge in [-0.05, 0) is 49.9 Å². The summed E-state index contributed by atoms with van der Waals surface area (Å²) in [4.78, 5) is 12.1. The Hall–Kier alpha value is -0.0500. The lowest BCUT2D eigenvalue weighted by atomic mass is 9.44. The fourth-order valence-corrected chi connectivity index (χ4v) is 6.91. The van der Waals surface area contributed by atoms with Crippen molar-refractivity contribution in [3.63, 3.8) is 0 Å². The van der Waals surface area contributed by atoms with Crippen LogP contribution in [0.25, 0.3) is 0 Å². The van der Waals surface area contributed by atoms with Gasteiger partial charge in [-0.15, -0.1) is 0 Å². The first kappa shape index (κ1) is 11.1. The second-order valence-corrected chi connectivity index (χ2v) is 8.42. The van der Waals surface area contributed by atoms with Crippen LogP contribution in [0.15, 0.2) is 0 Å². The quantitative estimate of drug-likeness (QED) is 0.546. The molecule has 3 heteroatoms. The molecule has 4 unspecified atom stereocenters. The molecule has 4 aliphatic carbocycles. The second-order valence-electron chi connectivity index (χ2n) is 6.74. The Morgan fingerprint density at radius 3 is 2.56 bits per heavy atom. The number of methoxy groups -OCH3 is 1. The van der Waals surface area contributed by atoms with Crippen LogP contribution < -0.4 is 0 Å². The Kier molecular flexibility index (Phi) is 2.10. The lowest BCUT2D eigenvalue weighted by Crippen LogP contribution is -2.59. The van der Waals surface area contributed by atoms with E-state index in [1.165, 1.54) is 26.4 Å². The number of ether oxygens (including phenoxy) is 1. The molecule has 4 saturated carbocycles. The van der Waals surface area contributed by atoms with Crippen LogP contribution in [-0.2, 0) is 9.53 Å². The third kappa shape index (κ3) is 1.40. The molecule has 16 heavy (non-hydrogen) atoms. The van der Waals surface area contributed by atoms with E-state index in [9.17, 15) is 4.79 Å².